The van der Waals surface area contributed by atoms with Crippen LogP contribution in [0.15, 0.2) is 48.8 Å². The third-order valence-electron chi connectivity index (χ3n) is 5.94. The SMILES string of the molecule is N#Cc1cccc(C(=O)N[C@H]2CCCCc3nn(-c4ccnc(C5CC5)c4)cc32)c1. The second-order valence-electron chi connectivity index (χ2n) is 8.15. The average molecular weight is 397 g/mol. The summed E-state index contributed by atoms with van der Waals surface area (Å²) in [4.78, 5) is 17.4. The van der Waals surface area contributed by atoms with Crippen molar-refractivity contribution in [2.75, 3.05) is 0 Å². The smallest absolute Gasteiger partial charge is 0.251 e. The minimum absolute atomic E-state index is 0.0840. The molecule has 2 aliphatic carbocycles. The van der Waals surface area contributed by atoms with Crippen LogP contribution in [-0.4, -0.2) is 20.7 Å². The van der Waals surface area contributed by atoms with Crippen molar-refractivity contribution in [3.05, 3.63) is 76.9 Å². The van der Waals surface area contributed by atoms with E-state index in [4.69, 9.17) is 10.4 Å². The summed E-state index contributed by atoms with van der Waals surface area (Å²) in [5.41, 5.74) is 5.29. The Hall–Kier alpha value is -3.46. The number of hydrogen-bond donors (Lipinski definition) is 1. The molecule has 3 aromatic rings. The zero-order chi connectivity index (χ0) is 20.5. The normalized spacial score (nSPS) is 18.2. The highest BCUT2D eigenvalue weighted by Gasteiger charge is 2.27. The quantitative estimate of drug-likeness (QED) is 0.668. The van der Waals surface area contributed by atoms with E-state index in [0.29, 0.717) is 17.0 Å². The van der Waals surface area contributed by atoms with Crippen molar-refractivity contribution in [2.24, 2.45) is 0 Å². The molecule has 2 aromatic heterocycles. The third-order valence-corrected chi connectivity index (χ3v) is 5.94. The van der Waals surface area contributed by atoms with E-state index in [2.05, 4.69) is 28.6 Å². The first-order chi connectivity index (χ1) is 14.7. The molecule has 1 atom stereocenters. The molecule has 5 rings (SSSR count). The molecule has 30 heavy (non-hydrogen) atoms. The molecular formula is C24H23N5O. The summed E-state index contributed by atoms with van der Waals surface area (Å²) in [5.74, 6) is 0.437. The summed E-state index contributed by atoms with van der Waals surface area (Å²) in [5, 5.41) is 17.1. The Labute approximate surface area is 175 Å². The summed E-state index contributed by atoms with van der Waals surface area (Å²) in [7, 11) is 0. The molecule has 0 unspecified atom stereocenters. The van der Waals surface area contributed by atoms with Gasteiger partial charge in [0.25, 0.3) is 5.91 Å². The van der Waals surface area contributed by atoms with Crippen molar-refractivity contribution >= 4 is 5.91 Å². The highest BCUT2D eigenvalue weighted by atomic mass is 16.1. The zero-order valence-electron chi connectivity index (χ0n) is 16.7. The number of nitriles is 1. The zero-order valence-corrected chi connectivity index (χ0v) is 16.7. The largest absolute Gasteiger partial charge is 0.345 e. The fraction of sp³-hybridized carbons (Fsp3) is 0.333. The van der Waals surface area contributed by atoms with E-state index in [0.717, 1.165) is 48.3 Å². The molecule has 1 amide bonds. The highest BCUT2D eigenvalue weighted by Crippen LogP contribution is 2.39. The van der Waals surface area contributed by atoms with Crippen LogP contribution in [0.2, 0.25) is 0 Å². The third kappa shape index (κ3) is 3.71. The van der Waals surface area contributed by atoms with Crippen LogP contribution in [-0.2, 0) is 6.42 Å². The van der Waals surface area contributed by atoms with Gasteiger partial charge in [-0.1, -0.05) is 12.5 Å². The summed E-state index contributed by atoms with van der Waals surface area (Å²) in [6, 6.07) is 12.9. The van der Waals surface area contributed by atoms with E-state index in [1.54, 1.807) is 24.3 Å². The maximum atomic E-state index is 12.9. The van der Waals surface area contributed by atoms with Crippen LogP contribution in [0.1, 0.15) is 76.9 Å². The number of pyridine rings is 1. The van der Waals surface area contributed by atoms with Gasteiger partial charge in [0.1, 0.15) is 0 Å². The van der Waals surface area contributed by atoms with E-state index in [9.17, 15) is 4.79 Å². The number of rotatable bonds is 4. The van der Waals surface area contributed by atoms with Gasteiger partial charge in [-0.05, 0) is 62.4 Å². The highest BCUT2D eigenvalue weighted by molar-refractivity contribution is 5.94. The fourth-order valence-corrected chi connectivity index (χ4v) is 4.14. The molecule has 2 heterocycles. The van der Waals surface area contributed by atoms with Gasteiger partial charge in [-0.3, -0.25) is 9.78 Å². The number of aromatic nitrogens is 3. The lowest BCUT2D eigenvalue weighted by Crippen LogP contribution is -2.28. The first-order valence-corrected chi connectivity index (χ1v) is 10.6. The second kappa shape index (κ2) is 7.75. The van der Waals surface area contributed by atoms with E-state index in [1.807, 2.05) is 16.9 Å². The lowest BCUT2D eigenvalue weighted by atomic mass is 10.0. The number of nitrogens with one attached hydrogen (secondary N) is 1. The van der Waals surface area contributed by atoms with Crippen LogP contribution >= 0.6 is 0 Å². The fourth-order valence-electron chi connectivity index (χ4n) is 4.14. The molecule has 0 radical (unpaired) electrons. The minimum atomic E-state index is -0.155. The van der Waals surface area contributed by atoms with E-state index >= 15 is 0 Å². The van der Waals surface area contributed by atoms with Crippen LogP contribution in [0.4, 0.5) is 0 Å². The number of amides is 1. The van der Waals surface area contributed by atoms with Gasteiger partial charge in [-0.2, -0.15) is 10.4 Å². The topological polar surface area (TPSA) is 83.6 Å². The monoisotopic (exact) mass is 397 g/mol. The predicted octanol–water partition coefficient (Wildman–Crippen LogP) is 4.21. The van der Waals surface area contributed by atoms with Gasteiger partial charge < -0.3 is 5.32 Å². The van der Waals surface area contributed by atoms with Crippen molar-refractivity contribution in [1.29, 1.82) is 5.26 Å². The van der Waals surface area contributed by atoms with E-state index in [1.165, 1.54) is 12.8 Å². The van der Waals surface area contributed by atoms with Crippen molar-refractivity contribution < 1.29 is 4.79 Å². The number of carbonyl (C=O) groups is 1. The van der Waals surface area contributed by atoms with Crippen molar-refractivity contribution in [3.63, 3.8) is 0 Å². The average Bonchev–Trinajstić information content (AvgIpc) is 3.58. The van der Waals surface area contributed by atoms with Gasteiger partial charge in [0.2, 0.25) is 0 Å². The molecule has 1 fully saturated rings. The first kappa shape index (κ1) is 18.6. The Morgan fingerprint density at radius 3 is 2.90 bits per heavy atom. The standard InChI is InChI=1S/C24H23N5O/c25-14-16-4-3-5-18(12-16)24(30)27-21-6-1-2-7-22-20(21)15-29(28-22)19-10-11-26-23(13-19)17-8-9-17/h3-5,10-13,15,17,21H,1-2,6-9H2,(H,27,30)/t21-/m0/s1. The number of carbonyl (C=O) groups excluding carboxylic acids is 1. The molecule has 0 bridgehead atoms. The molecule has 2 aliphatic rings. The van der Waals surface area contributed by atoms with Crippen LogP contribution in [0, 0.1) is 11.3 Å². The van der Waals surface area contributed by atoms with Crippen molar-refractivity contribution in [1.82, 2.24) is 20.1 Å². The van der Waals surface area contributed by atoms with Gasteiger partial charge in [0.05, 0.1) is 29.1 Å². The predicted molar refractivity (Wildman–Crippen MR) is 112 cm³/mol. The Bertz CT molecular complexity index is 1140. The summed E-state index contributed by atoms with van der Waals surface area (Å²) in [6.45, 7) is 0. The molecule has 1 N–H and O–H groups in total. The molecule has 6 nitrogen and oxygen atoms in total. The summed E-state index contributed by atoms with van der Waals surface area (Å²) in [6.07, 6.45) is 10.2. The van der Waals surface area contributed by atoms with Gasteiger partial charge in [0.15, 0.2) is 0 Å². The van der Waals surface area contributed by atoms with Crippen LogP contribution in [0.25, 0.3) is 5.69 Å². The number of aryl methyl sites for hydroxylation is 1. The number of fused-ring (bicyclic) bond motifs is 1. The first-order valence-electron chi connectivity index (χ1n) is 10.6. The van der Waals surface area contributed by atoms with Gasteiger partial charge in [-0.25, -0.2) is 4.68 Å². The van der Waals surface area contributed by atoms with Gasteiger partial charge in [0, 0.05) is 35.1 Å². The molecule has 1 aromatic carbocycles. The van der Waals surface area contributed by atoms with Crippen LogP contribution in [0.3, 0.4) is 0 Å². The Morgan fingerprint density at radius 2 is 2.07 bits per heavy atom. The molecular weight excluding hydrogens is 374 g/mol. The van der Waals surface area contributed by atoms with E-state index < -0.39 is 0 Å². The van der Waals surface area contributed by atoms with Gasteiger partial charge in [-0.15, -0.1) is 0 Å². The molecule has 1 saturated carbocycles. The molecule has 6 heteroatoms. The van der Waals surface area contributed by atoms with Gasteiger partial charge >= 0.3 is 0 Å². The number of benzene rings is 1. The number of nitrogens with zero attached hydrogens (tertiary/aromatic N) is 4. The Kier molecular flexibility index (Phi) is 4.80. The maximum absolute atomic E-state index is 12.9. The summed E-state index contributed by atoms with van der Waals surface area (Å²) < 4.78 is 1.93. The maximum Gasteiger partial charge on any atom is 0.251 e. The van der Waals surface area contributed by atoms with Crippen molar-refractivity contribution in [3.8, 4) is 11.8 Å². The van der Waals surface area contributed by atoms with Crippen molar-refractivity contribution in [2.45, 2.75) is 50.5 Å². The lowest BCUT2D eigenvalue weighted by Gasteiger charge is -2.17. The van der Waals surface area contributed by atoms with E-state index in [-0.39, 0.29) is 11.9 Å². The summed E-state index contributed by atoms with van der Waals surface area (Å²) >= 11 is 0. The Morgan fingerprint density at radius 1 is 1.17 bits per heavy atom. The number of hydrogen-bond acceptors (Lipinski definition) is 4. The second-order valence-corrected chi connectivity index (χ2v) is 8.15. The molecule has 0 spiro atoms. The van der Waals surface area contributed by atoms with Crippen LogP contribution in [0.5, 0.6) is 0 Å². The molecule has 150 valence electrons. The minimum Gasteiger partial charge on any atom is -0.345 e. The lowest BCUT2D eigenvalue weighted by molar-refractivity contribution is 0.0934. The molecule has 0 saturated heterocycles. The van der Waals surface area contributed by atoms with Crippen LogP contribution < -0.4 is 5.32 Å². The molecule has 0 aliphatic heterocycles. The Balaban J connectivity index is 1.42.